The van der Waals surface area contributed by atoms with Crippen molar-refractivity contribution in [2.24, 2.45) is 9.69 Å². The van der Waals surface area contributed by atoms with Gasteiger partial charge in [0, 0.05) is 0 Å². The average Bonchev–Trinajstić information content (AvgIpc) is 3.37. The molecular formula is C18H21NO4S2. The number of ether oxygens (including phenoxy) is 1. The number of rotatable bonds is 5. The highest BCUT2D eigenvalue weighted by Gasteiger charge is 2.50. The van der Waals surface area contributed by atoms with Gasteiger partial charge in [-0.05, 0) is 37.1 Å². The first-order valence-corrected chi connectivity index (χ1v) is 11.1. The summed E-state index contributed by atoms with van der Waals surface area (Å²) in [7, 11) is -7.34. The van der Waals surface area contributed by atoms with Crippen molar-refractivity contribution in [3.8, 4) is 0 Å². The van der Waals surface area contributed by atoms with Crippen molar-refractivity contribution in [1.82, 2.24) is 0 Å². The van der Waals surface area contributed by atoms with Gasteiger partial charge in [0.2, 0.25) is 0 Å². The van der Waals surface area contributed by atoms with Gasteiger partial charge in [-0.3, -0.25) is 0 Å². The first kappa shape index (κ1) is 18.1. The van der Waals surface area contributed by atoms with Crippen LogP contribution in [-0.4, -0.2) is 24.2 Å². The third-order valence-corrected chi connectivity index (χ3v) is 8.56. The zero-order chi connectivity index (χ0) is 18.2. The smallest absolute Gasteiger partial charge is 0.290 e. The standard InChI is InChI=1S/C18H21NO4S2/c1-13(2)17-18(23-17)24(20,15-7-5-4-6-8-15)19-25(21,22)16-11-9-14(3)10-12-16/h4-13,17-18H,1-3H3/t17-,18-,24?/m0/s1. The number of hydrogen-bond acceptors (Lipinski definition) is 4. The Morgan fingerprint density at radius 2 is 1.52 bits per heavy atom. The summed E-state index contributed by atoms with van der Waals surface area (Å²) in [5.74, 6) is 0.131. The van der Waals surface area contributed by atoms with E-state index in [0.29, 0.717) is 4.90 Å². The van der Waals surface area contributed by atoms with Crippen LogP contribution < -0.4 is 0 Å². The highest BCUT2D eigenvalue weighted by molar-refractivity contribution is 8.03. The minimum Gasteiger partial charge on any atom is -0.354 e. The van der Waals surface area contributed by atoms with E-state index in [2.05, 4.69) is 3.77 Å². The van der Waals surface area contributed by atoms with Gasteiger partial charge in [-0.25, -0.2) is 4.21 Å². The molecule has 134 valence electrons. The van der Waals surface area contributed by atoms with Crippen LogP contribution in [0.25, 0.3) is 0 Å². The highest BCUT2D eigenvalue weighted by Crippen LogP contribution is 2.39. The van der Waals surface area contributed by atoms with Gasteiger partial charge in [-0.2, -0.15) is 8.42 Å². The molecule has 7 heteroatoms. The number of hydrogen-bond donors (Lipinski definition) is 0. The minimum absolute atomic E-state index is 0.0310. The fourth-order valence-electron chi connectivity index (χ4n) is 2.57. The Hall–Kier alpha value is -1.70. The third-order valence-electron chi connectivity index (χ3n) is 4.06. The number of epoxide rings is 1. The lowest BCUT2D eigenvalue weighted by Gasteiger charge is -2.09. The molecule has 3 atom stereocenters. The number of benzene rings is 2. The molecule has 0 spiro atoms. The van der Waals surface area contributed by atoms with Crippen molar-refractivity contribution in [1.29, 1.82) is 0 Å². The van der Waals surface area contributed by atoms with Crippen LogP contribution in [0.2, 0.25) is 0 Å². The van der Waals surface area contributed by atoms with Gasteiger partial charge < -0.3 is 4.74 Å². The Bertz CT molecular complexity index is 973. The van der Waals surface area contributed by atoms with Gasteiger partial charge in [0.05, 0.1) is 9.79 Å². The van der Waals surface area contributed by atoms with Crippen molar-refractivity contribution in [2.75, 3.05) is 0 Å². The van der Waals surface area contributed by atoms with Crippen LogP contribution in [-0.2, 0) is 24.5 Å². The molecule has 0 saturated carbocycles. The van der Waals surface area contributed by atoms with Gasteiger partial charge in [-0.1, -0.05) is 53.5 Å². The van der Waals surface area contributed by atoms with Crippen molar-refractivity contribution in [2.45, 2.75) is 42.1 Å². The summed E-state index contributed by atoms with van der Waals surface area (Å²) in [5, 5.41) is 0. The Balaban J connectivity index is 2.14. The monoisotopic (exact) mass is 379 g/mol. The van der Waals surface area contributed by atoms with Crippen LogP contribution in [0.4, 0.5) is 0 Å². The molecule has 25 heavy (non-hydrogen) atoms. The summed E-state index contributed by atoms with van der Waals surface area (Å²) in [4.78, 5) is 0.405. The lowest BCUT2D eigenvalue weighted by Crippen LogP contribution is -2.16. The molecule has 1 unspecified atom stereocenters. The fourth-order valence-corrected chi connectivity index (χ4v) is 7.02. The van der Waals surface area contributed by atoms with E-state index in [-0.39, 0.29) is 16.9 Å². The Kier molecular flexibility index (Phi) is 4.74. The van der Waals surface area contributed by atoms with E-state index < -0.39 is 25.2 Å². The van der Waals surface area contributed by atoms with Crippen LogP contribution in [0.1, 0.15) is 19.4 Å². The van der Waals surface area contributed by atoms with E-state index in [1.165, 1.54) is 12.1 Å². The summed E-state index contributed by atoms with van der Waals surface area (Å²) in [6.07, 6.45) is -0.260. The maximum absolute atomic E-state index is 13.6. The predicted octanol–water partition coefficient (Wildman–Crippen LogP) is 3.59. The molecule has 1 fully saturated rings. The van der Waals surface area contributed by atoms with Crippen molar-refractivity contribution in [3.05, 3.63) is 60.2 Å². The van der Waals surface area contributed by atoms with Gasteiger partial charge in [0.15, 0.2) is 5.44 Å². The summed E-state index contributed by atoms with van der Waals surface area (Å²) in [5.41, 5.74) is 0.225. The maximum atomic E-state index is 13.6. The van der Waals surface area contributed by atoms with Crippen molar-refractivity contribution in [3.63, 3.8) is 0 Å². The van der Waals surface area contributed by atoms with Gasteiger partial charge >= 0.3 is 0 Å². The van der Waals surface area contributed by atoms with E-state index in [4.69, 9.17) is 4.74 Å². The topological polar surface area (TPSA) is 76.1 Å². The maximum Gasteiger partial charge on any atom is 0.290 e. The minimum atomic E-state index is -4.07. The summed E-state index contributed by atoms with van der Waals surface area (Å²) in [6.45, 7) is 5.76. The van der Waals surface area contributed by atoms with E-state index in [0.717, 1.165) is 5.56 Å². The molecule has 3 rings (SSSR count). The van der Waals surface area contributed by atoms with E-state index in [1.807, 2.05) is 20.8 Å². The molecule has 0 N–H and O–H groups in total. The van der Waals surface area contributed by atoms with Gasteiger partial charge in [0.25, 0.3) is 10.0 Å². The molecule has 0 aliphatic carbocycles. The lowest BCUT2D eigenvalue weighted by molar-refractivity contribution is 0.350. The van der Waals surface area contributed by atoms with Crippen LogP contribution >= 0.6 is 0 Å². The van der Waals surface area contributed by atoms with E-state index in [9.17, 15) is 12.6 Å². The molecule has 1 aliphatic heterocycles. The molecule has 0 radical (unpaired) electrons. The van der Waals surface area contributed by atoms with Crippen molar-refractivity contribution < 1.29 is 17.4 Å². The first-order valence-electron chi connectivity index (χ1n) is 8.03. The van der Waals surface area contributed by atoms with Crippen LogP contribution in [0.15, 0.2) is 68.2 Å². The Labute approximate surface area is 149 Å². The summed E-state index contributed by atoms with van der Waals surface area (Å²) >= 11 is 0. The Morgan fingerprint density at radius 1 is 0.920 bits per heavy atom. The number of sulfonamides is 1. The lowest BCUT2D eigenvalue weighted by atomic mass is 10.2. The molecule has 1 heterocycles. The zero-order valence-electron chi connectivity index (χ0n) is 14.3. The second-order valence-corrected chi connectivity index (χ2v) is 10.5. The van der Waals surface area contributed by atoms with E-state index >= 15 is 0 Å². The Morgan fingerprint density at radius 3 is 2.04 bits per heavy atom. The highest BCUT2D eigenvalue weighted by atomic mass is 32.3. The zero-order valence-corrected chi connectivity index (χ0v) is 16.0. The summed E-state index contributed by atoms with van der Waals surface area (Å²) in [6, 6.07) is 14.8. The number of nitrogens with zero attached hydrogens (tertiary/aromatic N) is 1. The summed E-state index contributed by atoms with van der Waals surface area (Å²) < 4.78 is 48.6. The van der Waals surface area contributed by atoms with Crippen LogP contribution in [0.5, 0.6) is 0 Å². The van der Waals surface area contributed by atoms with Gasteiger partial charge in [0.1, 0.15) is 15.8 Å². The van der Waals surface area contributed by atoms with E-state index in [1.54, 1.807) is 42.5 Å². The molecule has 2 aromatic rings. The normalized spacial score (nSPS) is 22.4. The fraction of sp³-hybridized carbons (Fsp3) is 0.333. The predicted molar refractivity (Wildman–Crippen MR) is 97.1 cm³/mol. The quantitative estimate of drug-likeness (QED) is 0.744. The van der Waals surface area contributed by atoms with Crippen LogP contribution in [0, 0.1) is 12.8 Å². The molecule has 0 amide bonds. The third kappa shape index (κ3) is 3.63. The second kappa shape index (κ2) is 6.55. The molecule has 1 aliphatic rings. The van der Waals surface area contributed by atoms with Gasteiger partial charge in [-0.15, -0.1) is 0 Å². The number of aryl methyl sites for hydroxylation is 1. The van der Waals surface area contributed by atoms with Crippen molar-refractivity contribution >= 4 is 19.8 Å². The molecule has 5 nitrogen and oxygen atoms in total. The SMILES string of the molecule is Cc1ccc(S(=O)(=O)N=S(=O)(c2ccccc2)[C@@H]2O[C@H]2C(C)C)cc1. The largest absolute Gasteiger partial charge is 0.354 e. The molecule has 1 saturated heterocycles. The molecule has 0 aromatic heterocycles. The second-order valence-electron chi connectivity index (χ2n) is 6.46. The first-order chi connectivity index (χ1) is 11.7. The molecular weight excluding hydrogens is 358 g/mol. The molecule has 2 aromatic carbocycles. The van der Waals surface area contributed by atoms with Crippen LogP contribution in [0.3, 0.4) is 0 Å². The molecule has 0 bridgehead atoms. The average molecular weight is 380 g/mol.